The molecule has 0 saturated heterocycles. The van der Waals surface area contributed by atoms with E-state index in [1.165, 1.54) is 12.3 Å². The molecule has 2 aromatic rings. The molecule has 0 atom stereocenters. The van der Waals surface area contributed by atoms with Crippen LogP contribution in [0.3, 0.4) is 0 Å². The number of aromatic nitrogens is 2. The maximum atomic E-state index is 12.1. The lowest BCUT2D eigenvalue weighted by Crippen LogP contribution is -2.15. The second-order valence-corrected chi connectivity index (χ2v) is 5.58. The summed E-state index contributed by atoms with van der Waals surface area (Å²) in [7, 11) is -2.02. The Morgan fingerprint density at radius 2 is 2.11 bits per heavy atom. The molecule has 0 aliphatic heterocycles. The van der Waals surface area contributed by atoms with E-state index in [2.05, 4.69) is 14.9 Å². The molecule has 0 saturated carbocycles. The molecule has 1 aromatic carbocycles. The third-order valence-electron chi connectivity index (χ3n) is 2.60. The number of benzene rings is 1. The number of nitrogens with zero attached hydrogens (tertiary/aromatic N) is 1. The first-order chi connectivity index (χ1) is 9.13. The van der Waals surface area contributed by atoms with Gasteiger partial charge in [-0.2, -0.15) is 13.5 Å². The zero-order valence-corrected chi connectivity index (χ0v) is 11.3. The van der Waals surface area contributed by atoms with Crippen LogP contribution in [-0.2, 0) is 21.2 Å². The van der Waals surface area contributed by atoms with E-state index in [4.69, 9.17) is 4.74 Å². The Labute approximate surface area is 111 Å². The number of hydrogen-bond acceptors (Lipinski definition) is 4. The van der Waals surface area contributed by atoms with Crippen LogP contribution in [0.15, 0.2) is 41.6 Å². The van der Waals surface area contributed by atoms with E-state index in [9.17, 15) is 8.42 Å². The number of H-pyrrole nitrogens is 1. The van der Waals surface area contributed by atoms with Crippen molar-refractivity contribution in [3.05, 3.63) is 42.1 Å². The molecule has 0 radical (unpaired) electrons. The summed E-state index contributed by atoms with van der Waals surface area (Å²) in [6.45, 7) is 0.531. The van der Waals surface area contributed by atoms with Gasteiger partial charge in [0.1, 0.15) is 0 Å². The highest BCUT2D eigenvalue weighted by molar-refractivity contribution is 7.92. The number of ether oxygens (including phenoxy) is 1. The lowest BCUT2D eigenvalue weighted by Gasteiger charge is -2.11. The molecule has 1 aromatic heterocycles. The van der Waals surface area contributed by atoms with Crippen LogP contribution >= 0.6 is 0 Å². The summed E-state index contributed by atoms with van der Waals surface area (Å²) in [6.07, 6.45) is 2.03. The summed E-state index contributed by atoms with van der Waals surface area (Å²) in [6, 6.07) is 8.63. The molecule has 0 spiro atoms. The minimum atomic E-state index is -3.63. The van der Waals surface area contributed by atoms with E-state index in [0.29, 0.717) is 18.7 Å². The number of aromatic amines is 1. The molecule has 2 rings (SSSR count). The van der Waals surface area contributed by atoms with Gasteiger partial charge in [-0.1, -0.05) is 18.2 Å². The quantitative estimate of drug-likeness (QED) is 0.838. The number of hydrogen-bond donors (Lipinski definition) is 2. The van der Waals surface area contributed by atoms with Crippen molar-refractivity contribution in [3.8, 4) is 0 Å². The van der Waals surface area contributed by atoms with Gasteiger partial charge in [0.05, 0.1) is 18.5 Å². The zero-order valence-electron chi connectivity index (χ0n) is 10.5. The van der Waals surface area contributed by atoms with E-state index in [0.717, 1.165) is 5.56 Å². The van der Waals surface area contributed by atoms with E-state index in [-0.39, 0.29) is 5.03 Å². The zero-order chi connectivity index (χ0) is 13.7. The smallest absolute Gasteiger partial charge is 0.278 e. The Bertz CT molecular complexity index is 623. The third-order valence-corrected chi connectivity index (χ3v) is 3.90. The summed E-state index contributed by atoms with van der Waals surface area (Å²) in [5.41, 5.74) is 1.43. The fraction of sp³-hybridized carbons (Fsp3) is 0.250. The predicted octanol–water partition coefficient (Wildman–Crippen LogP) is 1.40. The van der Waals surface area contributed by atoms with Gasteiger partial charge in [-0.05, 0) is 24.1 Å². The highest BCUT2D eigenvalue weighted by atomic mass is 32.2. The van der Waals surface area contributed by atoms with Gasteiger partial charge in [0, 0.05) is 7.11 Å². The van der Waals surface area contributed by atoms with Crippen molar-refractivity contribution in [2.45, 2.75) is 11.4 Å². The number of sulfonamides is 1. The van der Waals surface area contributed by atoms with Gasteiger partial charge >= 0.3 is 0 Å². The van der Waals surface area contributed by atoms with Crippen molar-refractivity contribution in [3.63, 3.8) is 0 Å². The molecule has 19 heavy (non-hydrogen) atoms. The Kier molecular flexibility index (Phi) is 4.18. The molecule has 7 heteroatoms. The molecule has 6 nitrogen and oxygen atoms in total. The fourth-order valence-electron chi connectivity index (χ4n) is 1.64. The van der Waals surface area contributed by atoms with Gasteiger partial charge in [0.2, 0.25) is 0 Å². The summed E-state index contributed by atoms with van der Waals surface area (Å²) in [4.78, 5) is 0. The van der Waals surface area contributed by atoms with Crippen LogP contribution in [0.4, 0.5) is 5.69 Å². The topological polar surface area (TPSA) is 84.1 Å². The van der Waals surface area contributed by atoms with Gasteiger partial charge in [0.25, 0.3) is 10.0 Å². The maximum Gasteiger partial charge on any atom is 0.278 e. The first-order valence-corrected chi connectivity index (χ1v) is 7.21. The molecule has 1 heterocycles. The Morgan fingerprint density at radius 3 is 2.79 bits per heavy atom. The second kappa shape index (κ2) is 5.85. The Balaban J connectivity index is 2.24. The molecule has 0 aliphatic rings. The predicted molar refractivity (Wildman–Crippen MR) is 71.4 cm³/mol. The normalized spacial score (nSPS) is 11.4. The molecule has 0 unspecified atom stereocenters. The molecular formula is C12H15N3O3S. The van der Waals surface area contributed by atoms with Crippen molar-refractivity contribution in [1.82, 2.24) is 10.2 Å². The van der Waals surface area contributed by atoms with E-state index < -0.39 is 10.0 Å². The van der Waals surface area contributed by atoms with Gasteiger partial charge in [-0.3, -0.25) is 9.82 Å². The van der Waals surface area contributed by atoms with Crippen molar-refractivity contribution < 1.29 is 13.2 Å². The summed E-state index contributed by atoms with van der Waals surface area (Å²) < 4.78 is 31.7. The van der Waals surface area contributed by atoms with Crippen LogP contribution in [0.25, 0.3) is 0 Å². The first-order valence-electron chi connectivity index (χ1n) is 5.72. The first kappa shape index (κ1) is 13.6. The van der Waals surface area contributed by atoms with Crippen LogP contribution in [0, 0.1) is 0 Å². The van der Waals surface area contributed by atoms with E-state index in [1.54, 1.807) is 19.2 Å². The van der Waals surface area contributed by atoms with Crippen molar-refractivity contribution >= 4 is 15.7 Å². The molecule has 0 fully saturated rings. The highest BCUT2D eigenvalue weighted by Gasteiger charge is 2.16. The van der Waals surface area contributed by atoms with E-state index in [1.807, 2.05) is 12.1 Å². The van der Waals surface area contributed by atoms with Gasteiger partial charge in [-0.15, -0.1) is 0 Å². The minimum absolute atomic E-state index is 0.0362. The fourth-order valence-corrected chi connectivity index (χ4v) is 2.65. The molecular weight excluding hydrogens is 266 g/mol. The Hall–Kier alpha value is -1.86. The number of methoxy groups -OCH3 is 1. The molecule has 0 amide bonds. The van der Waals surface area contributed by atoms with Crippen LogP contribution in [0.5, 0.6) is 0 Å². The highest BCUT2D eigenvalue weighted by Crippen LogP contribution is 2.19. The third kappa shape index (κ3) is 3.33. The molecule has 2 N–H and O–H groups in total. The Morgan fingerprint density at radius 1 is 1.32 bits per heavy atom. The molecule has 0 bridgehead atoms. The van der Waals surface area contributed by atoms with Crippen LogP contribution in [0.1, 0.15) is 5.56 Å². The number of anilines is 1. The second-order valence-electron chi connectivity index (χ2n) is 3.93. The van der Waals surface area contributed by atoms with Crippen molar-refractivity contribution in [2.24, 2.45) is 0 Å². The van der Waals surface area contributed by atoms with Crippen LogP contribution in [-0.4, -0.2) is 32.3 Å². The summed E-state index contributed by atoms with van der Waals surface area (Å²) in [5, 5.41) is 6.11. The lowest BCUT2D eigenvalue weighted by atomic mass is 10.1. The largest absolute Gasteiger partial charge is 0.384 e. The van der Waals surface area contributed by atoms with Gasteiger partial charge in [0.15, 0.2) is 5.03 Å². The van der Waals surface area contributed by atoms with Gasteiger partial charge < -0.3 is 4.74 Å². The van der Waals surface area contributed by atoms with Crippen molar-refractivity contribution in [2.75, 3.05) is 18.4 Å². The average molecular weight is 281 g/mol. The number of para-hydroxylation sites is 1. The van der Waals surface area contributed by atoms with Crippen LogP contribution in [0.2, 0.25) is 0 Å². The molecule has 0 aliphatic carbocycles. The summed E-state index contributed by atoms with van der Waals surface area (Å²) >= 11 is 0. The van der Waals surface area contributed by atoms with Crippen molar-refractivity contribution in [1.29, 1.82) is 0 Å². The standard InChI is InChI=1S/C12H15N3O3S/c1-18-9-7-10-4-2-3-5-11(10)15-19(16,17)12-6-8-13-14-12/h2-6,8,15H,7,9H2,1H3,(H,13,14). The SMILES string of the molecule is COCCc1ccccc1NS(=O)(=O)c1ccn[nH]1. The number of nitrogens with one attached hydrogen (secondary N) is 2. The monoisotopic (exact) mass is 281 g/mol. The van der Waals surface area contributed by atoms with Gasteiger partial charge in [-0.25, -0.2) is 0 Å². The number of rotatable bonds is 6. The summed E-state index contributed by atoms with van der Waals surface area (Å²) in [5.74, 6) is 0. The van der Waals surface area contributed by atoms with Crippen LogP contribution < -0.4 is 4.72 Å². The molecule has 102 valence electrons. The maximum absolute atomic E-state index is 12.1. The minimum Gasteiger partial charge on any atom is -0.384 e. The van der Waals surface area contributed by atoms with E-state index >= 15 is 0 Å². The average Bonchev–Trinajstić information content (AvgIpc) is 2.92. The lowest BCUT2D eigenvalue weighted by molar-refractivity contribution is 0.202.